The van der Waals surface area contributed by atoms with Crippen LogP contribution in [0.1, 0.15) is 37.4 Å². The van der Waals surface area contributed by atoms with E-state index >= 15 is 0 Å². The van der Waals surface area contributed by atoms with Crippen molar-refractivity contribution in [1.82, 2.24) is 5.32 Å². The third-order valence-corrected chi connectivity index (χ3v) is 4.28. The molecule has 1 aliphatic rings. The molecule has 94 valence electrons. The lowest BCUT2D eigenvalue weighted by Gasteiger charge is -2.26. The molecule has 0 fully saturated rings. The molecule has 0 amide bonds. The van der Waals surface area contributed by atoms with Crippen molar-refractivity contribution in [3.8, 4) is 0 Å². The van der Waals surface area contributed by atoms with Crippen LogP contribution in [0, 0.1) is 0 Å². The lowest BCUT2D eigenvalue weighted by molar-refractivity contribution is 0.0210. The second-order valence-corrected chi connectivity index (χ2v) is 6.10. The zero-order valence-corrected chi connectivity index (χ0v) is 12.3. The zero-order valence-electron chi connectivity index (χ0n) is 10.7. The van der Waals surface area contributed by atoms with E-state index in [2.05, 4.69) is 53.3 Å². The van der Waals surface area contributed by atoms with Crippen LogP contribution in [0.5, 0.6) is 0 Å². The number of benzene rings is 1. The van der Waals surface area contributed by atoms with Gasteiger partial charge in [0.05, 0.1) is 5.60 Å². The van der Waals surface area contributed by atoms with E-state index < -0.39 is 0 Å². The number of fused-ring (bicyclic) bond motifs is 1. The highest BCUT2D eigenvalue weighted by atomic mass is 79.9. The van der Waals surface area contributed by atoms with Gasteiger partial charge in [-0.25, -0.2) is 0 Å². The first-order valence-corrected chi connectivity index (χ1v) is 6.88. The number of halogens is 1. The third-order valence-electron chi connectivity index (χ3n) is 3.54. The van der Waals surface area contributed by atoms with E-state index in [-0.39, 0.29) is 5.60 Å². The Balaban J connectivity index is 2.05. The first-order valence-electron chi connectivity index (χ1n) is 6.09. The van der Waals surface area contributed by atoms with Crippen LogP contribution in [0.15, 0.2) is 22.7 Å². The molecule has 0 aromatic heterocycles. The highest BCUT2D eigenvalue weighted by molar-refractivity contribution is 9.10. The van der Waals surface area contributed by atoms with Crippen LogP contribution < -0.4 is 5.32 Å². The third kappa shape index (κ3) is 2.90. The van der Waals surface area contributed by atoms with E-state index in [1.165, 1.54) is 22.0 Å². The summed E-state index contributed by atoms with van der Waals surface area (Å²) in [5.41, 5.74) is 2.79. The van der Waals surface area contributed by atoms with Crippen molar-refractivity contribution in [2.75, 3.05) is 13.7 Å². The number of methoxy groups -OCH3 is 1. The van der Waals surface area contributed by atoms with E-state index in [4.69, 9.17) is 4.74 Å². The van der Waals surface area contributed by atoms with Crippen LogP contribution in [0.4, 0.5) is 0 Å². The predicted octanol–water partition coefficient (Wildman–Crippen LogP) is 3.45. The molecule has 0 saturated heterocycles. The van der Waals surface area contributed by atoms with Crippen molar-refractivity contribution in [3.63, 3.8) is 0 Å². The SMILES string of the molecule is COC(C)(C)CNC1CCc2c(Br)cccc21. The largest absolute Gasteiger partial charge is 0.377 e. The Hall–Kier alpha value is -0.380. The van der Waals surface area contributed by atoms with Gasteiger partial charge in [-0.3, -0.25) is 0 Å². The van der Waals surface area contributed by atoms with Crippen molar-refractivity contribution < 1.29 is 4.74 Å². The maximum absolute atomic E-state index is 5.44. The topological polar surface area (TPSA) is 21.3 Å². The number of hydrogen-bond donors (Lipinski definition) is 1. The highest BCUT2D eigenvalue weighted by Crippen LogP contribution is 2.35. The summed E-state index contributed by atoms with van der Waals surface area (Å²) < 4.78 is 6.68. The summed E-state index contributed by atoms with van der Waals surface area (Å²) in [5.74, 6) is 0. The molecule has 2 nitrogen and oxygen atoms in total. The minimum Gasteiger partial charge on any atom is -0.377 e. The van der Waals surface area contributed by atoms with Crippen LogP contribution in [0.25, 0.3) is 0 Å². The van der Waals surface area contributed by atoms with E-state index in [1.807, 2.05) is 0 Å². The summed E-state index contributed by atoms with van der Waals surface area (Å²) in [6, 6.07) is 6.94. The van der Waals surface area contributed by atoms with Crippen LogP contribution in [-0.4, -0.2) is 19.3 Å². The maximum Gasteiger partial charge on any atom is 0.0746 e. The van der Waals surface area contributed by atoms with Gasteiger partial charge < -0.3 is 10.1 Å². The molecular weight excluding hydrogens is 278 g/mol. The van der Waals surface area contributed by atoms with E-state index in [0.29, 0.717) is 6.04 Å². The van der Waals surface area contributed by atoms with Crippen molar-refractivity contribution in [2.24, 2.45) is 0 Å². The number of rotatable bonds is 4. The van der Waals surface area contributed by atoms with Crippen LogP contribution in [-0.2, 0) is 11.2 Å². The van der Waals surface area contributed by atoms with E-state index in [0.717, 1.165) is 13.0 Å². The summed E-state index contributed by atoms with van der Waals surface area (Å²) in [7, 11) is 1.76. The monoisotopic (exact) mass is 297 g/mol. The summed E-state index contributed by atoms with van der Waals surface area (Å²) in [6.45, 7) is 5.09. The van der Waals surface area contributed by atoms with Gasteiger partial charge in [0.15, 0.2) is 0 Å². The van der Waals surface area contributed by atoms with Gasteiger partial charge >= 0.3 is 0 Å². The first kappa shape index (κ1) is 13.1. The Morgan fingerprint density at radius 1 is 1.47 bits per heavy atom. The summed E-state index contributed by atoms with van der Waals surface area (Å²) in [5, 5.41) is 3.61. The Labute approximate surface area is 112 Å². The minimum atomic E-state index is -0.102. The zero-order chi connectivity index (χ0) is 12.5. The average Bonchev–Trinajstić information content (AvgIpc) is 2.71. The van der Waals surface area contributed by atoms with Gasteiger partial charge in [0.1, 0.15) is 0 Å². The molecule has 0 aliphatic heterocycles. The van der Waals surface area contributed by atoms with Gasteiger partial charge in [-0.1, -0.05) is 28.1 Å². The lowest BCUT2D eigenvalue weighted by atomic mass is 10.1. The quantitative estimate of drug-likeness (QED) is 0.919. The Kier molecular flexibility index (Phi) is 3.91. The molecule has 0 spiro atoms. The number of nitrogens with one attached hydrogen (secondary N) is 1. The molecule has 1 aromatic carbocycles. The minimum absolute atomic E-state index is 0.102. The molecule has 17 heavy (non-hydrogen) atoms. The van der Waals surface area contributed by atoms with Crippen LogP contribution in [0.2, 0.25) is 0 Å². The van der Waals surface area contributed by atoms with Gasteiger partial charge in [-0.2, -0.15) is 0 Å². The smallest absolute Gasteiger partial charge is 0.0746 e. The Bertz CT molecular complexity index is 403. The molecule has 0 radical (unpaired) electrons. The fraction of sp³-hybridized carbons (Fsp3) is 0.571. The maximum atomic E-state index is 5.44. The molecule has 1 aliphatic carbocycles. The summed E-state index contributed by atoms with van der Waals surface area (Å²) in [6.07, 6.45) is 2.33. The van der Waals surface area contributed by atoms with Gasteiger partial charge in [0, 0.05) is 24.2 Å². The van der Waals surface area contributed by atoms with E-state index in [1.54, 1.807) is 7.11 Å². The van der Waals surface area contributed by atoms with Crippen molar-refractivity contribution in [3.05, 3.63) is 33.8 Å². The normalized spacial score (nSPS) is 19.4. The molecule has 0 heterocycles. The first-order chi connectivity index (χ1) is 8.03. The van der Waals surface area contributed by atoms with Gasteiger partial charge in [0.25, 0.3) is 0 Å². The average molecular weight is 298 g/mol. The molecule has 1 unspecified atom stereocenters. The van der Waals surface area contributed by atoms with Gasteiger partial charge in [-0.15, -0.1) is 0 Å². The number of ether oxygens (including phenoxy) is 1. The van der Waals surface area contributed by atoms with E-state index in [9.17, 15) is 0 Å². The second kappa shape index (κ2) is 5.09. The van der Waals surface area contributed by atoms with Crippen molar-refractivity contribution in [1.29, 1.82) is 0 Å². The molecule has 1 atom stereocenters. The Morgan fingerprint density at radius 2 is 2.24 bits per heavy atom. The van der Waals surface area contributed by atoms with Gasteiger partial charge in [0.2, 0.25) is 0 Å². The molecule has 3 heteroatoms. The molecule has 0 bridgehead atoms. The summed E-state index contributed by atoms with van der Waals surface area (Å²) >= 11 is 3.63. The fourth-order valence-electron chi connectivity index (χ4n) is 2.26. The van der Waals surface area contributed by atoms with Crippen LogP contribution in [0.3, 0.4) is 0 Å². The number of hydrogen-bond acceptors (Lipinski definition) is 2. The highest BCUT2D eigenvalue weighted by Gasteiger charge is 2.25. The second-order valence-electron chi connectivity index (χ2n) is 5.24. The molecule has 0 saturated carbocycles. The lowest BCUT2D eigenvalue weighted by Crippen LogP contribution is -2.38. The van der Waals surface area contributed by atoms with Crippen molar-refractivity contribution in [2.45, 2.75) is 38.3 Å². The molecule has 1 aromatic rings. The van der Waals surface area contributed by atoms with Gasteiger partial charge in [-0.05, 0) is 43.9 Å². The standard InChI is InChI=1S/C14H20BrNO/c1-14(2,17-3)9-16-13-8-7-10-11(13)5-4-6-12(10)15/h4-6,13,16H,7-9H2,1-3H3. The van der Waals surface area contributed by atoms with Crippen LogP contribution >= 0.6 is 15.9 Å². The fourth-order valence-corrected chi connectivity index (χ4v) is 2.84. The molecule has 1 N–H and O–H groups in total. The summed E-state index contributed by atoms with van der Waals surface area (Å²) in [4.78, 5) is 0. The molecular formula is C14H20BrNO. The predicted molar refractivity (Wildman–Crippen MR) is 74.3 cm³/mol. The Morgan fingerprint density at radius 3 is 2.94 bits per heavy atom. The van der Waals surface area contributed by atoms with Crippen molar-refractivity contribution >= 4 is 15.9 Å². The molecule has 2 rings (SSSR count).